The van der Waals surface area contributed by atoms with E-state index in [0.29, 0.717) is 5.69 Å². The van der Waals surface area contributed by atoms with Gasteiger partial charge in [0.05, 0.1) is 16.7 Å². The molecule has 0 saturated carbocycles. The van der Waals surface area contributed by atoms with Crippen LogP contribution in [0.25, 0.3) is 0 Å². The molecule has 108 valence electrons. The van der Waals surface area contributed by atoms with Crippen molar-refractivity contribution in [3.63, 3.8) is 0 Å². The Labute approximate surface area is 125 Å². The summed E-state index contributed by atoms with van der Waals surface area (Å²) in [5, 5.41) is 13.5. The molecule has 0 aliphatic heterocycles. The van der Waals surface area contributed by atoms with Crippen molar-refractivity contribution in [1.82, 2.24) is 10.3 Å². The summed E-state index contributed by atoms with van der Waals surface area (Å²) in [5.74, 6) is -0.423. The lowest BCUT2D eigenvalue weighted by Gasteiger charge is -2.13. The smallest absolute Gasteiger partial charge is 0.288 e. The van der Waals surface area contributed by atoms with E-state index in [4.69, 9.17) is 11.6 Å². The maximum atomic E-state index is 12.1. The lowest BCUT2D eigenvalue weighted by Crippen LogP contribution is -2.27. The number of rotatable bonds is 4. The van der Waals surface area contributed by atoms with Gasteiger partial charge in [0.1, 0.15) is 5.02 Å². The Morgan fingerprint density at radius 1 is 1.38 bits per heavy atom. The van der Waals surface area contributed by atoms with Crippen molar-refractivity contribution in [3.05, 3.63) is 69.0 Å². The Hall–Kier alpha value is -2.47. The van der Waals surface area contributed by atoms with E-state index in [1.165, 1.54) is 12.1 Å². The van der Waals surface area contributed by atoms with E-state index >= 15 is 0 Å². The third-order valence-corrected chi connectivity index (χ3v) is 3.20. The molecule has 0 aliphatic rings. The molecule has 21 heavy (non-hydrogen) atoms. The predicted octanol–water partition coefficient (Wildman–Crippen LogP) is 3.13. The van der Waals surface area contributed by atoms with Gasteiger partial charge in [0.15, 0.2) is 0 Å². The number of hydrogen-bond acceptors (Lipinski definition) is 4. The third-order valence-electron chi connectivity index (χ3n) is 2.88. The fourth-order valence-electron chi connectivity index (χ4n) is 1.78. The van der Waals surface area contributed by atoms with Gasteiger partial charge in [0.2, 0.25) is 0 Å². The molecule has 2 rings (SSSR count). The van der Waals surface area contributed by atoms with Crippen LogP contribution in [0.4, 0.5) is 5.69 Å². The first kappa shape index (κ1) is 14.9. The van der Waals surface area contributed by atoms with Crippen LogP contribution in [-0.2, 0) is 0 Å². The van der Waals surface area contributed by atoms with Gasteiger partial charge in [0.25, 0.3) is 11.6 Å². The normalized spacial score (nSPS) is 11.7. The average molecular weight is 306 g/mol. The fourth-order valence-corrected chi connectivity index (χ4v) is 1.97. The van der Waals surface area contributed by atoms with Crippen LogP contribution in [0.5, 0.6) is 0 Å². The molecule has 1 N–H and O–H groups in total. The molecule has 2 aromatic rings. The molecule has 7 heteroatoms. The largest absolute Gasteiger partial charge is 0.344 e. The summed E-state index contributed by atoms with van der Waals surface area (Å²) in [6.45, 7) is 1.78. The number of nitro benzene ring substituents is 1. The summed E-state index contributed by atoms with van der Waals surface area (Å²) in [7, 11) is 0. The number of carbonyl (C=O) groups is 1. The van der Waals surface area contributed by atoms with E-state index in [1.807, 2.05) is 6.07 Å². The number of nitrogens with zero attached hydrogens (tertiary/aromatic N) is 2. The fraction of sp³-hybridized carbons (Fsp3) is 0.143. The van der Waals surface area contributed by atoms with Gasteiger partial charge in [-0.05, 0) is 31.2 Å². The molecule has 1 unspecified atom stereocenters. The van der Waals surface area contributed by atoms with E-state index < -0.39 is 10.8 Å². The van der Waals surface area contributed by atoms with Crippen LogP contribution in [0, 0.1) is 10.1 Å². The molecule has 1 heterocycles. The first-order valence-electron chi connectivity index (χ1n) is 6.15. The molecule has 0 bridgehead atoms. The molecule has 1 aromatic carbocycles. The Bertz CT molecular complexity index is 676. The van der Waals surface area contributed by atoms with Crippen molar-refractivity contribution >= 4 is 23.2 Å². The van der Waals surface area contributed by atoms with E-state index in [9.17, 15) is 14.9 Å². The molecule has 0 aliphatic carbocycles. The number of hydrogen-bond donors (Lipinski definition) is 1. The molecule has 0 radical (unpaired) electrons. The minimum absolute atomic E-state index is 0.00526. The second-order valence-corrected chi connectivity index (χ2v) is 4.78. The summed E-state index contributed by atoms with van der Waals surface area (Å²) in [5.41, 5.74) is 0.581. The highest BCUT2D eigenvalue weighted by atomic mass is 35.5. The number of benzene rings is 1. The number of amides is 1. The summed E-state index contributed by atoms with van der Waals surface area (Å²) in [4.78, 5) is 26.4. The zero-order valence-corrected chi connectivity index (χ0v) is 11.9. The van der Waals surface area contributed by atoms with Gasteiger partial charge < -0.3 is 5.32 Å². The van der Waals surface area contributed by atoms with Gasteiger partial charge in [-0.25, -0.2) is 0 Å². The van der Waals surface area contributed by atoms with E-state index in [-0.39, 0.29) is 22.3 Å². The topological polar surface area (TPSA) is 85.1 Å². The van der Waals surface area contributed by atoms with Crippen molar-refractivity contribution in [1.29, 1.82) is 0 Å². The highest BCUT2D eigenvalue weighted by Gasteiger charge is 2.18. The number of nitrogens with one attached hydrogen (secondary N) is 1. The summed E-state index contributed by atoms with van der Waals surface area (Å²) in [6, 6.07) is 9.00. The summed E-state index contributed by atoms with van der Waals surface area (Å²) in [6.07, 6.45) is 1.63. The van der Waals surface area contributed by atoms with Crippen LogP contribution in [0.15, 0.2) is 42.6 Å². The monoisotopic (exact) mass is 305 g/mol. The van der Waals surface area contributed by atoms with Crippen LogP contribution >= 0.6 is 11.6 Å². The molecule has 6 nitrogen and oxygen atoms in total. The maximum absolute atomic E-state index is 12.1. The number of carbonyl (C=O) groups excluding carboxylic acids is 1. The van der Waals surface area contributed by atoms with Crippen molar-refractivity contribution in [2.75, 3.05) is 0 Å². The summed E-state index contributed by atoms with van der Waals surface area (Å²) >= 11 is 5.71. The Morgan fingerprint density at radius 3 is 2.76 bits per heavy atom. The van der Waals surface area contributed by atoms with Gasteiger partial charge in [-0.1, -0.05) is 17.7 Å². The Balaban J connectivity index is 2.17. The SMILES string of the molecule is CC(NC(=O)c1ccc(Cl)c([N+](=O)[O-])c1)c1ccccn1. The molecule has 1 amide bonds. The molecule has 0 saturated heterocycles. The van der Waals surface area contributed by atoms with E-state index in [0.717, 1.165) is 6.07 Å². The van der Waals surface area contributed by atoms with Crippen LogP contribution in [0.1, 0.15) is 29.0 Å². The molecule has 1 atom stereocenters. The predicted molar refractivity (Wildman–Crippen MR) is 78.2 cm³/mol. The van der Waals surface area contributed by atoms with Gasteiger partial charge in [-0.15, -0.1) is 0 Å². The van der Waals surface area contributed by atoms with Crippen molar-refractivity contribution in [3.8, 4) is 0 Å². The van der Waals surface area contributed by atoms with Gasteiger partial charge >= 0.3 is 0 Å². The second kappa shape index (κ2) is 6.32. The zero-order chi connectivity index (χ0) is 15.4. The van der Waals surface area contributed by atoms with E-state index in [2.05, 4.69) is 10.3 Å². The minimum Gasteiger partial charge on any atom is -0.344 e. The van der Waals surface area contributed by atoms with Crippen molar-refractivity contribution in [2.24, 2.45) is 0 Å². The standard InChI is InChI=1S/C14H12ClN3O3/c1-9(12-4-2-3-7-16-12)17-14(19)10-5-6-11(15)13(8-10)18(20)21/h2-9H,1H3,(H,17,19). The van der Waals surface area contributed by atoms with Gasteiger partial charge in [-0.2, -0.15) is 0 Å². The first-order valence-corrected chi connectivity index (χ1v) is 6.52. The quantitative estimate of drug-likeness (QED) is 0.694. The second-order valence-electron chi connectivity index (χ2n) is 4.37. The van der Waals surface area contributed by atoms with Gasteiger partial charge in [-0.3, -0.25) is 19.9 Å². The number of pyridine rings is 1. The Kier molecular flexibility index (Phi) is 4.49. The van der Waals surface area contributed by atoms with E-state index in [1.54, 1.807) is 25.3 Å². The first-order chi connectivity index (χ1) is 9.99. The maximum Gasteiger partial charge on any atom is 0.288 e. The number of aromatic nitrogens is 1. The Morgan fingerprint density at radius 2 is 2.14 bits per heavy atom. The molecule has 1 aromatic heterocycles. The van der Waals surface area contributed by atoms with Crippen molar-refractivity contribution in [2.45, 2.75) is 13.0 Å². The molecular formula is C14H12ClN3O3. The van der Waals surface area contributed by atoms with Gasteiger partial charge in [0, 0.05) is 17.8 Å². The lowest BCUT2D eigenvalue weighted by atomic mass is 10.1. The highest BCUT2D eigenvalue weighted by Crippen LogP contribution is 2.25. The minimum atomic E-state index is -0.624. The third kappa shape index (κ3) is 3.55. The number of halogens is 1. The van der Waals surface area contributed by atoms with Crippen LogP contribution in [-0.4, -0.2) is 15.8 Å². The van der Waals surface area contributed by atoms with Crippen LogP contribution in [0.2, 0.25) is 5.02 Å². The molecule has 0 fully saturated rings. The molecular weight excluding hydrogens is 294 g/mol. The summed E-state index contributed by atoms with van der Waals surface area (Å²) < 4.78 is 0. The average Bonchev–Trinajstić information content (AvgIpc) is 2.48. The highest BCUT2D eigenvalue weighted by molar-refractivity contribution is 6.32. The lowest BCUT2D eigenvalue weighted by molar-refractivity contribution is -0.384. The molecule has 0 spiro atoms. The van der Waals surface area contributed by atoms with Crippen LogP contribution < -0.4 is 5.32 Å². The van der Waals surface area contributed by atoms with Crippen molar-refractivity contribution < 1.29 is 9.72 Å². The van der Waals surface area contributed by atoms with Crippen LogP contribution in [0.3, 0.4) is 0 Å². The number of nitro groups is 1. The zero-order valence-electron chi connectivity index (χ0n) is 11.1.